The van der Waals surface area contributed by atoms with Crippen molar-refractivity contribution in [2.75, 3.05) is 4.90 Å². The van der Waals surface area contributed by atoms with E-state index in [9.17, 15) is 14.4 Å². The van der Waals surface area contributed by atoms with Crippen molar-refractivity contribution in [2.24, 2.45) is 0 Å². The van der Waals surface area contributed by atoms with Crippen molar-refractivity contribution < 1.29 is 14.4 Å². The summed E-state index contributed by atoms with van der Waals surface area (Å²) in [6, 6.07) is 4.17. The summed E-state index contributed by atoms with van der Waals surface area (Å²) in [4.78, 5) is 34.6. The number of halogens is 2. The first kappa shape index (κ1) is 11.3. The number of carbonyl (C=O) groups excluding carboxylic acids is 3. The number of amides is 4. The molecule has 1 saturated heterocycles. The molecule has 1 aliphatic heterocycles. The molecular weight excluding hydrogens is 344 g/mol. The van der Waals surface area contributed by atoms with Gasteiger partial charge in [-0.1, -0.05) is 15.9 Å². The second kappa shape index (κ2) is 3.99. The molecule has 5 nitrogen and oxygen atoms in total. The van der Waals surface area contributed by atoms with Crippen molar-refractivity contribution in [3.05, 3.63) is 27.1 Å². The third-order valence-corrected chi connectivity index (χ3v) is 3.10. The van der Waals surface area contributed by atoms with Gasteiger partial charge in [-0.15, -0.1) is 0 Å². The largest absolute Gasteiger partial charge is 0.336 e. The molecule has 0 bridgehead atoms. The molecule has 0 atom stereocenters. The molecule has 16 heavy (non-hydrogen) atoms. The minimum Gasteiger partial charge on any atom is -0.269 e. The number of benzene rings is 1. The Morgan fingerprint density at radius 3 is 2.31 bits per heavy atom. The highest BCUT2D eigenvalue weighted by atomic mass is 79.9. The fourth-order valence-corrected chi connectivity index (χ4v) is 2.51. The van der Waals surface area contributed by atoms with Gasteiger partial charge in [-0.25, -0.2) is 9.69 Å². The third-order valence-electron chi connectivity index (χ3n) is 1.97. The third kappa shape index (κ3) is 1.76. The maximum absolute atomic E-state index is 11.4. The molecular formula is C9H4Br2N2O3. The zero-order chi connectivity index (χ0) is 11.9. The lowest BCUT2D eigenvalue weighted by Gasteiger charge is -2.13. The lowest BCUT2D eigenvalue weighted by atomic mass is 10.3. The van der Waals surface area contributed by atoms with Crippen LogP contribution in [0, 0.1) is 0 Å². The fraction of sp³-hybridized carbons (Fsp3) is 0. The van der Waals surface area contributed by atoms with Gasteiger partial charge in [0, 0.05) is 8.95 Å². The summed E-state index contributed by atoms with van der Waals surface area (Å²) < 4.78 is 1.33. The molecule has 1 fully saturated rings. The molecule has 4 amide bonds. The first-order chi connectivity index (χ1) is 7.50. The standard InChI is InChI=1S/C9H4Br2N2O3/c10-4-1-2-6(5(11)3-4)13-8(15)7(14)12-9(13)16/h1-3H,(H,12,14,16). The van der Waals surface area contributed by atoms with Crippen molar-refractivity contribution in [3.8, 4) is 0 Å². The van der Waals surface area contributed by atoms with E-state index < -0.39 is 17.8 Å². The molecule has 1 aromatic carbocycles. The van der Waals surface area contributed by atoms with Crippen LogP contribution in [0.4, 0.5) is 10.5 Å². The van der Waals surface area contributed by atoms with Crippen LogP contribution in [-0.4, -0.2) is 17.8 Å². The molecule has 0 spiro atoms. The molecule has 0 aliphatic carbocycles. The number of anilines is 1. The van der Waals surface area contributed by atoms with Crippen LogP contribution >= 0.6 is 31.9 Å². The monoisotopic (exact) mass is 346 g/mol. The molecule has 2 rings (SSSR count). The highest BCUT2D eigenvalue weighted by Gasteiger charge is 2.38. The van der Waals surface area contributed by atoms with Crippen LogP contribution in [0.3, 0.4) is 0 Å². The molecule has 82 valence electrons. The summed E-state index contributed by atoms with van der Waals surface area (Å²) >= 11 is 6.46. The SMILES string of the molecule is O=C1NC(=O)N(c2ccc(Br)cc2Br)C1=O. The first-order valence-corrected chi connectivity index (χ1v) is 5.74. The van der Waals surface area contributed by atoms with Gasteiger partial charge < -0.3 is 0 Å². The number of imide groups is 2. The average Bonchev–Trinajstić information content (AvgIpc) is 2.43. The summed E-state index contributed by atoms with van der Waals surface area (Å²) in [5, 5.41) is 1.92. The van der Waals surface area contributed by atoms with Crippen LogP contribution in [0.25, 0.3) is 0 Å². The van der Waals surface area contributed by atoms with Gasteiger partial charge in [0.15, 0.2) is 0 Å². The molecule has 1 aliphatic rings. The lowest BCUT2D eigenvalue weighted by Crippen LogP contribution is -2.31. The fourth-order valence-electron chi connectivity index (χ4n) is 1.28. The highest BCUT2D eigenvalue weighted by molar-refractivity contribution is 9.11. The minimum atomic E-state index is -0.917. The number of carbonyl (C=O) groups is 3. The quantitative estimate of drug-likeness (QED) is 0.622. The van der Waals surface area contributed by atoms with E-state index in [1.807, 2.05) is 5.32 Å². The number of hydrogen-bond acceptors (Lipinski definition) is 3. The summed E-state index contributed by atoms with van der Waals surface area (Å²) in [7, 11) is 0. The molecule has 1 N–H and O–H groups in total. The number of rotatable bonds is 1. The van der Waals surface area contributed by atoms with E-state index in [-0.39, 0.29) is 0 Å². The topological polar surface area (TPSA) is 66.5 Å². The first-order valence-electron chi connectivity index (χ1n) is 4.15. The molecule has 0 saturated carbocycles. The maximum atomic E-state index is 11.4. The average molecular weight is 348 g/mol. The molecule has 7 heteroatoms. The van der Waals surface area contributed by atoms with Crippen molar-refractivity contribution in [3.63, 3.8) is 0 Å². The van der Waals surface area contributed by atoms with E-state index in [1.165, 1.54) is 0 Å². The van der Waals surface area contributed by atoms with Crippen LogP contribution in [-0.2, 0) is 9.59 Å². The van der Waals surface area contributed by atoms with Gasteiger partial charge in [-0.05, 0) is 34.1 Å². The Hall–Kier alpha value is -1.21. The summed E-state index contributed by atoms with van der Waals surface area (Å²) in [5.74, 6) is -1.80. The van der Waals surface area contributed by atoms with Crippen molar-refractivity contribution in [1.82, 2.24) is 5.32 Å². The maximum Gasteiger partial charge on any atom is 0.336 e. The second-order valence-corrected chi connectivity index (χ2v) is 4.77. The van der Waals surface area contributed by atoms with E-state index in [0.29, 0.717) is 10.2 Å². The molecule has 1 heterocycles. The zero-order valence-electron chi connectivity index (χ0n) is 7.66. The Kier molecular flexibility index (Phi) is 2.81. The molecule has 0 radical (unpaired) electrons. The summed E-state index contributed by atoms with van der Waals surface area (Å²) in [6.45, 7) is 0. The van der Waals surface area contributed by atoms with Crippen LogP contribution in [0.5, 0.6) is 0 Å². The van der Waals surface area contributed by atoms with E-state index in [2.05, 4.69) is 31.9 Å². The van der Waals surface area contributed by atoms with Crippen molar-refractivity contribution in [1.29, 1.82) is 0 Å². The van der Waals surface area contributed by atoms with E-state index >= 15 is 0 Å². The Morgan fingerprint density at radius 1 is 1.12 bits per heavy atom. The molecule has 0 aromatic heterocycles. The van der Waals surface area contributed by atoms with Crippen LogP contribution in [0.1, 0.15) is 0 Å². The highest BCUT2D eigenvalue weighted by Crippen LogP contribution is 2.30. The Balaban J connectivity index is 2.48. The Morgan fingerprint density at radius 2 is 1.81 bits per heavy atom. The van der Waals surface area contributed by atoms with Gasteiger partial charge in [-0.2, -0.15) is 0 Å². The number of nitrogens with one attached hydrogen (secondary N) is 1. The summed E-state index contributed by atoms with van der Waals surface area (Å²) in [5.41, 5.74) is 0.330. The number of urea groups is 1. The van der Waals surface area contributed by atoms with Crippen LogP contribution in [0.2, 0.25) is 0 Å². The van der Waals surface area contributed by atoms with Gasteiger partial charge in [0.2, 0.25) is 0 Å². The molecule has 1 aromatic rings. The van der Waals surface area contributed by atoms with E-state index in [4.69, 9.17) is 0 Å². The smallest absolute Gasteiger partial charge is 0.269 e. The van der Waals surface area contributed by atoms with Crippen LogP contribution in [0.15, 0.2) is 27.1 Å². The predicted octanol–water partition coefficient (Wildman–Crippen LogP) is 1.79. The lowest BCUT2D eigenvalue weighted by molar-refractivity contribution is -0.134. The zero-order valence-corrected chi connectivity index (χ0v) is 10.8. The Labute approximate surface area is 107 Å². The minimum absolute atomic E-state index is 0.330. The van der Waals surface area contributed by atoms with Gasteiger partial charge in [-0.3, -0.25) is 14.9 Å². The van der Waals surface area contributed by atoms with Gasteiger partial charge in [0.05, 0.1) is 5.69 Å². The van der Waals surface area contributed by atoms with Crippen molar-refractivity contribution in [2.45, 2.75) is 0 Å². The number of nitrogens with zero attached hydrogens (tertiary/aromatic N) is 1. The van der Waals surface area contributed by atoms with E-state index in [0.717, 1.165) is 9.37 Å². The summed E-state index contributed by atoms with van der Waals surface area (Å²) in [6.07, 6.45) is 0. The van der Waals surface area contributed by atoms with Gasteiger partial charge in [0.1, 0.15) is 0 Å². The number of hydrogen-bond donors (Lipinski definition) is 1. The predicted molar refractivity (Wildman–Crippen MR) is 62.9 cm³/mol. The second-order valence-electron chi connectivity index (χ2n) is 3.00. The van der Waals surface area contributed by atoms with E-state index in [1.54, 1.807) is 18.2 Å². The van der Waals surface area contributed by atoms with Crippen molar-refractivity contribution >= 4 is 55.4 Å². The molecule has 0 unspecified atom stereocenters. The normalized spacial score (nSPS) is 15.6. The van der Waals surface area contributed by atoms with Gasteiger partial charge in [0.25, 0.3) is 0 Å². The Bertz CT molecular complexity index is 515. The van der Waals surface area contributed by atoms with Crippen LogP contribution < -0.4 is 10.2 Å². The van der Waals surface area contributed by atoms with Gasteiger partial charge >= 0.3 is 17.8 Å².